The first-order valence-electron chi connectivity index (χ1n) is 6.23. The Labute approximate surface area is 119 Å². The first-order valence-corrected chi connectivity index (χ1v) is 6.61. The minimum Gasteiger partial charge on any atom is -0.258 e. The largest absolute Gasteiger partial charge is 0.288 e. The fraction of sp³-hybridized carbons (Fsp3) is 0.462. The van der Waals surface area contributed by atoms with E-state index in [0.717, 1.165) is 6.20 Å². The van der Waals surface area contributed by atoms with Gasteiger partial charge in [-0.15, -0.1) is 0 Å². The molecule has 20 heavy (non-hydrogen) atoms. The molecule has 0 amide bonds. The lowest BCUT2D eigenvalue weighted by Gasteiger charge is -2.26. The van der Waals surface area contributed by atoms with Crippen molar-refractivity contribution in [1.29, 1.82) is 0 Å². The first kappa shape index (κ1) is 14.8. The van der Waals surface area contributed by atoms with E-state index in [0.29, 0.717) is 18.4 Å². The van der Waals surface area contributed by atoms with Crippen molar-refractivity contribution in [3.63, 3.8) is 0 Å². The summed E-state index contributed by atoms with van der Waals surface area (Å²) < 4.78 is 26.0. The molecule has 0 saturated heterocycles. The summed E-state index contributed by atoms with van der Waals surface area (Å²) >= 11 is 5.86. The maximum absolute atomic E-state index is 13.0. The summed E-state index contributed by atoms with van der Waals surface area (Å²) in [5.74, 6) is -2.51. The van der Waals surface area contributed by atoms with Crippen LogP contribution in [0.4, 0.5) is 14.5 Å². The highest BCUT2D eigenvalue weighted by atomic mass is 35.5. The van der Waals surface area contributed by atoms with Gasteiger partial charge in [-0.3, -0.25) is 10.1 Å². The summed E-state index contributed by atoms with van der Waals surface area (Å²) in [5, 5.41) is 10.8. The average Bonchev–Trinajstić information content (AvgIpc) is 2.39. The second-order valence-electron chi connectivity index (χ2n) is 4.88. The van der Waals surface area contributed by atoms with Gasteiger partial charge in [0.15, 0.2) is 0 Å². The van der Waals surface area contributed by atoms with Gasteiger partial charge in [-0.2, -0.15) is 0 Å². The number of nitro groups is 1. The van der Waals surface area contributed by atoms with E-state index in [1.807, 2.05) is 0 Å². The van der Waals surface area contributed by atoms with Crippen molar-refractivity contribution < 1.29 is 13.7 Å². The molecule has 2 rings (SSSR count). The molecule has 0 N–H and O–H groups in total. The fourth-order valence-corrected chi connectivity index (χ4v) is 2.33. The zero-order chi connectivity index (χ0) is 14.8. The molecule has 0 spiro atoms. The Bertz CT molecular complexity index is 539. The zero-order valence-corrected chi connectivity index (χ0v) is 11.3. The molecule has 108 valence electrons. The number of hydrogen-bond donors (Lipinski definition) is 0. The highest BCUT2D eigenvalue weighted by Crippen LogP contribution is 2.37. The van der Waals surface area contributed by atoms with Crippen LogP contribution in [-0.2, 0) is 0 Å². The topological polar surface area (TPSA) is 56.0 Å². The SMILES string of the molecule is O=[N+]([O-])c1cnc(Cl)c(/C=C/C2CCC(F)(F)CC2)c1. The third-order valence-corrected chi connectivity index (χ3v) is 3.69. The van der Waals surface area contributed by atoms with Crippen LogP contribution < -0.4 is 0 Å². The third-order valence-electron chi connectivity index (χ3n) is 3.37. The van der Waals surface area contributed by atoms with Crippen molar-refractivity contribution in [2.45, 2.75) is 31.6 Å². The molecule has 1 saturated carbocycles. The summed E-state index contributed by atoms with van der Waals surface area (Å²) in [6, 6.07) is 1.32. The van der Waals surface area contributed by atoms with Gasteiger partial charge in [0.2, 0.25) is 5.92 Å². The highest BCUT2D eigenvalue weighted by Gasteiger charge is 2.33. The van der Waals surface area contributed by atoms with Crippen molar-refractivity contribution in [3.8, 4) is 0 Å². The number of rotatable bonds is 3. The van der Waals surface area contributed by atoms with Gasteiger partial charge in [0.05, 0.1) is 4.92 Å². The van der Waals surface area contributed by atoms with Gasteiger partial charge in [-0.1, -0.05) is 23.8 Å². The lowest BCUT2D eigenvalue weighted by Crippen LogP contribution is -2.23. The maximum atomic E-state index is 13.0. The summed E-state index contributed by atoms with van der Waals surface area (Å²) in [4.78, 5) is 13.8. The van der Waals surface area contributed by atoms with Gasteiger partial charge in [0, 0.05) is 24.5 Å². The maximum Gasteiger partial charge on any atom is 0.288 e. The quantitative estimate of drug-likeness (QED) is 0.470. The number of nitrogens with zero attached hydrogens (tertiary/aromatic N) is 2. The summed E-state index contributed by atoms with van der Waals surface area (Å²) in [6.07, 6.45) is 5.05. The monoisotopic (exact) mass is 302 g/mol. The molecule has 1 heterocycles. The molecule has 1 aliphatic carbocycles. The predicted octanol–water partition coefficient (Wildman–Crippen LogP) is 4.48. The molecule has 0 aliphatic heterocycles. The van der Waals surface area contributed by atoms with Crippen molar-refractivity contribution in [3.05, 3.63) is 39.2 Å². The van der Waals surface area contributed by atoms with E-state index in [4.69, 9.17) is 11.6 Å². The van der Waals surface area contributed by atoms with E-state index in [1.165, 1.54) is 6.07 Å². The molecule has 1 aromatic heterocycles. The smallest absolute Gasteiger partial charge is 0.258 e. The molecule has 1 fully saturated rings. The van der Waals surface area contributed by atoms with Crippen LogP contribution >= 0.6 is 11.6 Å². The second kappa shape index (κ2) is 5.83. The van der Waals surface area contributed by atoms with Crippen molar-refractivity contribution in [2.75, 3.05) is 0 Å². The van der Waals surface area contributed by atoms with Crippen LogP contribution in [-0.4, -0.2) is 15.8 Å². The average molecular weight is 303 g/mol. The summed E-state index contributed by atoms with van der Waals surface area (Å²) in [6.45, 7) is 0. The van der Waals surface area contributed by atoms with Gasteiger partial charge in [-0.05, 0) is 18.8 Å². The van der Waals surface area contributed by atoms with Crippen LogP contribution in [0.3, 0.4) is 0 Å². The Hall–Kier alpha value is -1.56. The molecule has 0 bridgehead atoms. The molecular weight excluding hydrogens is 290 g/mol. The molecule has 0 atom stereocenters. The highest BCUT2D eigenvalue weighted by molar-refractivity contribution is 6.30. The number of aromatic nitrogens is 1. The van der Waals surface area contributed by atoms with Crippen LogP contribution in [0.2, 0.25) is 5.15 Å². The van der Waals surface area contributed by atoms with Crippen LogP contribution in [0.5, 0.6) is 0 Å². The van der Waals surface area contributed by atoms with Gasteiger partial charge in [-0.25, -0.2) is 13.8 Å². The number of halogens is 3. The molecule has 0 unspecified atom stereocenters. The number of alkyl halides is 2. The minimum absolute atomic E-state index is 0.0463. The van der Waals surface area contributed by atoms with E-state index >= 15 is 0 Å². The Kier molecular flexibility index (Phi) is 4.32. The van der Waals surface area contributed by atoms with Crippen LogP contribution in [0.25, 0.3) is 6.08 Å². The van der Waals surface area contributed by atoms with Gasteiger partial charge < -0.3 is 0 Å². The van der Waals surface area contributed by atoms with Gasteiger partial charge in [0.1, 0.15) is 11.3 Å². The Morgan fingerprint density at radius 2 is 2.10 bits per heavy atom. The second-order valence-corrected chi connectivity index (χ2v) is 5.24. The van der Waals surface area contributed by atoms with E-state index in [9.17, 15) is 18.9 Å². The Morgan fingerprint density at radius 3 is 2.70 bits per heavy atom. The minimum atomic E-state index is -2.56. The molecule has 4 nitrogen and oxygen atoms in total. The molecule has 0 aromatic carbocycles. The normalized spacial score (nSPS) is 19.4. The Morgan fingerprint density at radius 1 is 1.45 bits per heavy atom. The first-order chi connectivity index (χ1) is 9.37. The number of allylic oxidation sites excluding steroid dienone is 1. The lowest BCUT2D eigenvalue weighted by atomic mass is 9.86. The Balaban J connectivity index is 2.08. The molecule has 0 radical (unpaired) electrons. The summed E-state index contributed by atoms with van der Waals surface area (Å²) in [7, 11) is 0. The molecule has 1 aromatic rings. The van der Waals surface area contributed by atoms with E-state index in [-0.39, 0.29) is 29.6 Å². The fourth-order valence-electron chi connectivity index (χ4n) is 2.16. The van der Waals surface area contributed by atoms with Crippen LogP contribution in [0.15, 0.2) is 18.3 Å². The summed E-state index contributed by atoms with van der Waals surface area (Å²) in [5.41, 5.74) is 0.280. The van der Waals surface area contributed by atoms with E-state index in [1.54, 1.807) is 12.2 Å². The van der Waals surface area contributed by atoms with Crippen molar-refractivity contribution in [1.82, 2.24) is 4.98 Å². The third kappa shape index (κ3) is 3.72. The van der Waals surface area contributed by atoms with Crippen LogP contribution in [0, 0.1) is 16.0 Å². The standard InChI is InChI=1S/C13H13ClF2N2O2/c14-12-10(7-11(8-17-12)18(19)20)2-1-9-3-5-13(15,16)6-4-9/h1-2,7-9H,3-6H2/b2-1+. The van der Waals surface area contributed by atoms with E-state index < -0.39 is 10.8 Å². The van der Waals surface area contributed by atoms with Crippen molar-refractivity contribution in [2.24, 2.45) is 5.92 Å². The molecule has 7 heteroatoms. The number of hydrogen-bond acceptors (Lipinski definition) is 3. The molecule has 1 aliphatic rings. The zero-order valence-electron chi connectivity index (χ0n) is 10.6. The number of pyridine rings is 1. The molecular formula is C13H13ClF2N2O2. The van der Waals surface area contributed by atoms with E-state index in [2.05, 4.69) is 4.98 Å². The lowest BCUT2D eigenvalue weighted by molar-refractivity contribution is -0.385. The van der Waals surface area contributed by atoms with Crippen molar-refractivity contribution >= 4 is 23.4 Å². The van der Waals surface area contributed by atoms with Gasteiger partial charge >= 0.3 is 0 Å². The predicted molar refractivity (Wildman–Crippen MR) is 71.8 cm³/mol. The van der Waals surface area contributed by atoms with Crippen LogP contribution in [0.1, 0.15) is 31.2 Å². The van der Waals surface area contributed by atoms with Gasteiger partial charge in [0.25, 0.3) is 5.69 Å².